The van der Waals surface area contributed by atoms with Crippen LogP contribution in [0.4, 0.5) is 0 Å². The molecule has 2 rings (SSSR count). The number of ether oxygens (including phenoxy) is 1. The first-order chi connectivity index (χ1) is 8.25. The molecule has 1 aliphatic rings. The van der Waals surface area contributed by atoms with E-state index in [1.165, 1.54) is 18.5 Å². The van der Waals surface area contributed by atoms with Gasteiger partial charge in [0.05, 0.1) is 12.8 Å². The molecule has 3 heteroatoms. The first-order valence-electron chi connectivity index (χ1n) is 6.55. The van der Waals surface area contributed by atoms with Crippen molar-refractivity contribution in [2.75, 3.05) is 19.7 Å². The van der Waals surface area contributed by atoms with Crippen LogP contribution in [0.25, 0.3) is 0 Å². The van der Waals surface area contributed by atoms with E-state index < -0.39 is 0 Å². The van der Waals surface area contributed by atoms with Gasteiger partial charge in [-0.25, -0.2) is 0 Å². The second-order valence-electron chi connectivity index (χ2n) is 5.15. The first-order valence-corrected chi connectivity index (χ1v) is 6.55. The molecule has 1 aliphatic heterocycles. The normalized spacial score (nSPS) is 17.4. The zero-order valence-electron chi connectivity index (χ0n) is 10.8. The molecule has 0 bridgehead atoms. The Balaban J connectivity index is 1.92. The van der Waals surface area contributed by atoms with Crippen molar-refractivity contribution < 1.29 is 4.74 Å². The van der Waals surface area contributed by atoms with Crippen LogP contribution in [0.5, 0.6) is 5.75 Å². The highest BCUT2D eigenvalue weighted by atomic mass is 16.5. The Labute approximate surface area is 104 Å². The number of piperidine rings is 1. The predicted octanol–water partition coefficient (Wildman–Crippen LogP) is 2.58. The molecular formula is C14H22N2O. The molecule has 94 valence electrons. The van der Waals surface area contributed by atoms with E-state index in [4.69, 9.17) is 4.74 Å². The summed E-state index contributed by atoms with van der Waals surface area (Å²) in [5.74, 6) is 2.06. The van der Waals surface area contributed by atoms with E-state index in [0.29, 0.717) is 11.8 Å². The van der Waals surface area contributed by atoms with Crippen molar-refractivity contribution >= 4 is 0 Å². The highest BCUT2D eigenvalue weighted by Gasteiger charge is 2.16. The molecule has 1 aromatic heterocycles. The van der Waals surface area contributed by atoms with Crippen LogP contribution in [-0.2, 0) is 0 Å². The lowest BCUT2D eigenvalue weighted by atomic mass is 9.94. The van der Waals surface area contributed by atoms with Crippen molar-refractivity contribution in [1.82, 2.24) is 10.3 Å². The van der Waals surface area contributed by atoms with Gasteiger partial charge in [0.15, 0.2) is 0 Å². The number of hydrogen-bond acceptors (Lipinski definition) is 3. The number of hydrogen-bond donors (Lipinski definition) is 1. The fourth-order valence-electron chi connectivity index (χ4n) is 2.10. The van der Waals surface area contributed by atoms with E-state index >= 15 is 0 Å². The predicted molar refractivity (Wildman–Crippen MR) is 69.4 cm³/mol. The van der Waals surface area contributed by atoms with E-state index in [2.05, 4.69) is 30.2 Å². The van der Waals surface area contributed by atoms with Crippen LogP contribution in [0.1, 0.15) is 38.3 Å². The number of aromatic nitrogens is 1. The minimum absolute atomic E-state index is 0.555. The minimum Gasteiger partial charge on any atom is -0.492 e. The van der Waals surface area contributed by atoms with E-state index in [0.717, 1.165) is 25.4 Å². The summed E-state index contributed by atoms with van der Waals surface area (Å²) in [4.78, 5) is 4.53. The topological polar surface area (TPSA) is 34.1 Å². The first kappa shape index (κ1) is 12.4. The molecule has 1 N–H and O–H groups in total. The maximum atomic E-state index is 5.63. The largest absolute Gasteiger partial charge is 0.492 e. The summed E-state index contributed by atoms with van der Waals surface area (Å²) in [5, 5.41) is 3.38. The van der Waals surface area contributed by atoms with Gasteiger partial charge in [-0.1, -0.05) is 13.8 Å². The molecule has 0 spiro atoms. The van der Waals surface area contributed by atoms with Gasteiger partial charge in [-0.05, 0) is 44.0 Å². The Morgan fingerprint density at radius 2 is 2.12 bits per heavy atom. The maximum Gasteiger partial charge on any atom is 0.137 e. The molecule has 3 nitrogen and oxygen atoms in total. The lowest BCUT2D eigenvalue weighted by Gasteiger charge is -2.22. The van der Waals surface area contributed by atoms with Gasteiger partial charge in [0.1, 0.15) is 5.75 Å². The minimum atomic E-state index is 0.555. The quantitative estimate of drug-likeness (QED) is 0.869. The van der Waals surface area contributed by atoms with Crippen LogP contribution >= 0.6 is 0 Å². The molecule has 17 heavy (non-hydrogen) atoms. The summed E-state index contributed by atoms with van der Waals surface area (Å²) < 4.78 is 5.63. The summed E-state index contributed by atoms with van der Waals surface area (Å²) in [6.07, 6.45) is 4.25. The van der Waals surface area contributed by atoms with E-state index in [1.54, 1.807) is 0 Å². The Hall–Kier alpha value is -1.09. The zero-order valence-corrected chi connectivity index (χ0v) is 10.8. The third-order valence-electron chi connectivity index (χ3n) is 3.10. The Bertz CT molecular complexity index is 329. The zero-order chi connectivity index (χ0) is 12.1. The Kier molecular flexibility index (Phi) is 4.37. The molecule has 0 aromatic carbocycles. The molecule has 0 atom stereocenters. The number of nitrogens with zero attached hydrogens (tertiary/aromatic N) is 1. The van der Waals surface area contributed by atoms with Crippen LogP contribution in [0.3, 0.4) is 0 Å². The van der Waals surface area contributed by atoms with Gasteiger partial charge in [0.25, 0.3) is 0 Å². The van der Waals surface area contributed by atoms with Crippen molar-refractivity contribution in [2.45, 2.75) is 32.6 Å². The average Bonchev–Trinajstić information content (AvgIpc) is 2.38. The summed E-state index contributed by atoms with van der Waals surface area (Å²) in [7, 11) is 0. The second kappa shape index (κ2) is 6.01. The fraction of sp³-hybridized carbons (Fsp3) is 0.643. The van der Waals surface area contributed by atoms with E-state index in [1.807, 2.05) is 12.3 Å². The van der Waals surface area contributed by atoms with Gasteiger partial charge in [-0.3, -0.25) is 4.98 Å². The lowest BCUT2D eigenvalue weighted by molar-refractivity contribution is 0.270. The second-order valence-corrected chi connectivity index (χ2v) is 5.15. The van der Waals surface area contributed by atoms with E-state index in [9.17, 15) is 0 Å². The average molecular weight is 234 g/mol. The van der Waals surface area contributed by atoms with Crippen molar-refractivity contribution in [3.63, 3.8) is 0 Å². The highest BCUT2D eigenvalue weighted by Crippen LogP contribution is 2.24. The van der Waals surface area contributed by atoms with Crippen LogP contribution < -0.4 is 10.1 Å². The molecule has 1 aromatic rings. The summed E-state index contributed by atoms with van der Waals surface area (Å²) >= 11 is 0. The molecule has 0 saturated carbocycles. The van der Waals surface area contributed by atoms with Crippen molar-refractivity contribution in [2.24, 2.45) is 5.92 Å². The van der Waals surface area contributed by atoms with Gasteiger partial charge in [-0.15, -0.1) is 0 Å². The summed E-state index contributed by atoms with van der Waals surface area (Å²) in [6, 6.07) is 4.17. The molecule has 1 saturated heterocycles. The van der Waals surface area contributed by atoms with Gasteiger partial charge in [-0.2, -0.15) is 0 Å². The smallest absolute Gasteiger partial charge is 0.137 e. The lowest BCUT2D eigenvalue weighted by Crippen LogP contribution is -2.27. The third-order valence-corrected chi connectivity index (χ3v) is 3.10. The van der Waals surface area contributed by atoms with Gasteiger partial charge < -0.3 is 10.1 Å². The molecule has 0 unspecified atom stereocenters. The Morgan fingerprint density at radius 1 is 1.35 bits per heavy atom. The fourth-order valence-corrected chi connectivity index (χ4v) is 2.10. The van der Waals surface area contributed by atoms with Gasteiger partial charge in [0.2, 0.25) is 0 Å². The monoisotopic (exact) mass is 234 g/mol. The van der Waals surface area contributed by atoms with Crippen LogP contribution in [-0.4, -0.2) is 24.7 Å². The number of nitrogens with one attached hydrogen (secondary N) is 1. The highest BCUT2D eigenvalue weighted by molar-refractivity contribution is 5.22. The van der Waals surface area contributed by atoms with E-state index in [-0.39, 0.29) is 0 Å². The van der Waals surface area contributed by atoms with Crippen LogP contribution in [0.2, 0.25) is 0 Å². The molecule has 0 amide bonds. The Morgan fingerprint density at radius 3 is 2.71 bits per heavy atom. The SMILES string of the molecule is CC(C)COc1ccc(C2CCNCC2)nc1. The third kappa shape index (κ3) is 3.70. The van der Waals surface area contributed by atoms with Crippen molar-refractivity contribution in [3.05, 3.63) is 24.0 Å². The van der Waals surface area contributed by atoms with Gasteiger partial charge in [0, 0.05) is 11.6 Å². The van der Waals surface area contributed by atoms with Crippen molar-refractivity contribution in [3.8, 4) is 5.75 Å². The molecule has 0 radical (unpaired) electrons. The number of pyridine rings is 1. The molecular weight excluding hydrogens is 212 g/mol. The summed E-state index contributed by atoms with van der Waals surface area (Å²) in [5.41, 5.74) is 1.21. The summed E-state index contributed by atoms with van der Waals surface area (Å²) in [6.45, 7) is 7.28. The maximum absolute atomic E-state index is 5.63. The van der Waals surface area contributed by atoms with Crippen LogP contribution in [0.15, 0.2) is 18.3 Å². The van der Waals surface area contributed by atoms with Gasteiger partial charge >= 0.3 is 0 Å². The molecule has 2 heterocycles. The number of rotatable bonds is 4. The van der Waals surface area contributed by atoms with Crippen LogP contribution in [0, 0.1) is 5.92 Å². The van der Waals surface area contributed by atoms with Crippen molar-refractivity contribution in [1.29, 1.82) is 0 Å². The molecule has 1 fully saturated rings. The molecule has 0 aliphatic carbocycles. The standard InChI is InChI=1S/C14H22N2O/c1-11(2)10-17-13-3-4-14(16-9-13)12-5-7-15-8-6-12/h3-4,9,11-12,15H,5-8,10H2,1-2H3.